The largest absolute Gasteiger partial charge is 0.346 e. The Balaban J connectivity index is 2.14. The summed E-state index contributed by atoms with van der Waals surface area (Å²) in [5, 5.41) is 2.80. The maximum Gasteiger partial charge on any atom is 0.251 e. The van der Waals surface area contributed by atoms with Crippen LogP contribution in [-0.2, 0) is 14.8 Å². The third-order valence-corrected chi connectivity index (χ3v) is 6.85. The van der Waals surface area contributed by atoms with Crippen LogP contribution in [0.3, 0.4) is 0 Å². The summed E-state index contributed by atoms with van der Waals surface area (Å²) in [5.41, 5.74) is 0.321. The van der Waals surface area contributed by atoms with E-state index in [0.717, 1.165) is 0 Å². The zero-order valence-corrected chi connectivity index (χ0v) is 15.6. The van der Waals surface area contributed by atoms with E-state index < -0.39 is 21.6 Å². The van der Waals surface area contributed by atoms with Gasteiger partial charge in [0.1, 0.15) is 0 Å². The summed E-state index contributed by atoms with van der Waals surface area (Å²) < 4.78 is 25.4. The van der Waals surface area contributed by atoms with Gasteiger partial charge in [0.05, 0.1) is 17.3 Å². The van der Waals surface area contributed by atoms with Crippen molar-refractivity contribution in [1.82, 2.24) is 9.62 Å². The van der Waals surface area contributed by atoms with Gasteiger partial charge >= 0.3 is 0 Å². The summed E-state index contributed by atoms with van der Waals surface area (Å²) in [6.07, 6.45) is 1.21. The number of amides is 2. The van der Waals surface area contributed by atoms with E-state index in [1.165, 1.54) is 22.3 Å². The van der Waals surface area contributed by atoms with Crippen molar-refractivity contribution in [2.45, 2.75) is 25.4 Å². The SMILES string of the molecule is C=CC(=O)N(C)c1ccc(C(=O)NC2CS(=O)(=O)N(C)C2(C)C)cc1. The van der Waals surface area contributed by atoms with Crippen LogP contribution in [0.25, 0.3) is 0 Å². The average Bonchev–Trinajstić information content (AvgIpc) is 2.73. The second-order valence-corrected chi connectivity index (χ2v) is 8.62. The number of carbonyl (C=O) groups excluding carboxylic acids is 2. The first-order chi connectivity index (χ1) is 11.5. The molecule has 2 rings (SSSR count). The van der Waals surface area contributed by atoms with E-state index in [2.05, 4.69) is 11.9 Å². The molecule has 2 amide bonds. The maximum atomic E-state index is 12.5. The molecule has 25 heavy (non-hydrogen) atoms. The fourth-order valence-electron chi connectivity index (χ4n) is 2.66. The average molecular weight is 365 g/mol. The molecule has 1 atom stereocenters. The Hall–Kier alpha value is -2.19. The Bertz CT molecular complexity index is 800. The number of anilines is 1. The highest BCUT2D eigenvalue weighted by atomic mass is 32.2. The molecular weight excluding hydrogens is 342 g/mol. The van der Waals surface area contributed by atoms with Crippen molar-refractivity contribution in [1.29, 1.82) is 0 Å². The van der Waals surface area contributed by atoms with Gasteiger partial charge in [-0.3, -0.25) is 9.59 Å². The predicted octanol–water partition coefficient (Wildman–Crippen LogP) is 0.988. The van der Waals surface area contributed by atoms with Gasteiger partial charge in [-0.15, -0.1) is 0 Å². The van der Waals surface area contributed by atoms with E-state index >= 15 is 0 Å². The van der Waals surface area contributed by atoms with Crippen molar-refractivity contribution in [2.75, 3.05) is 24.7 Å². The van der Waals surface area contributed by atoms with Gasteiger partial charge in [0.2, 0.25) is 15.9 Å². The summed E-state index contributed by atoms with van der Waals surface area (Å²) in [6, 6.07) is 5.98. The van der Waals surface area contributed by atoms with E-state index in [1.807, 2.05) is 0 Å². The summed E-state index contributed by atoms with van der Waals surface area (Å²) >= 11 is 0. The second kappa shape index (κ2) is 6.61. The zero-order valence-electron chi connectivity index (χ0n) is 14.8. The minimum absolute atomic E-state index is 0.128. The van der Waals surface area contributed by atoms with Crippen LogP contribution in [0.4, 0.5) is 5.69 Å². The molecule has 1 unspecified atom stereocenters. The number of sulfonamides is 1. The molecule has 1 aliphatic rings. The lowest BCUT2D eigenvalue weighted by Gasteiger charge is -2.31. The van der Waals surface area contributed by atoms with E-state index in [4.69, 9.17) is 0 Å². The number of rotatable bonds is 4. The van der Waals surface area contributed by atoms with Crippen molar-refractivity contribution in [2.24, 2.45) is 0 Å². The molecule has 0 saturated carbocycles. The topological polar surface area (TPSA) is 86.8 Å². The molecule has 1 aromatic carbocycles. The molecule has 136 valence electrons. The van der Waals surface area contributed by atoms with Gasteiger partial charge in [0.15, 0.2) is 0 Å². The quantitative estimate of drug-likeness (QED) is 0.806. The molecule has 0 aliphatic carbocycles. The summed E-state index contributed by atoms with van der Waals surface area (Å²) in [6.45, 7) is 6.99. The number of hydrogen-bond acceptors (Lipinski definition) is 4. The van der Waals surface area contributed by atoms with Crippen LogP contribution >= 0.6 is 0 Å². The molecule has 1 N–H and O–H groups in total. The lowest BCUT2D eigenvalue weighted by Crippen LogP contribution is -2.52. The predicted molar refractivity (Wildman–Crippen MR) is 96.9 cm³/mol. The molecule has 0 bridgehead atoms. The van der Waals surface area contributed by atoms with Gasteiger partial charge in [-0.2, -0.15) is 4.31 Å². The normalized spacial score (nSPS) is 21.5. The first kappa shape index (κ1) is 19.1. The van der Waals surface area contributed by atoms with E-state index in [1.54, 1.807) is 45.2 Å². The van der Waals surface area contributed by atoms with E-state index in [-0.39, 0.29) is 17.6 Å². The minimum atomic E-state index is -3.37. The molecule has 1 fully saturated rings. The molecule has 1 saturated heterocycles. The van der Waals surface area contributed by atoms with Crippen molar-refractivity contribution in [3.63, 3.8) is 0 Å². The standard InChI is InChI=1S/C17H23N3O4S/c1-6-15(21)19(4)13-9-7-12(8-10-13)16(22)18-14-11-25(23,24)20(5)17(14,2)3/h6-10,14H,1,11H2,2-5H3,(H,18,22). The molecule has 1 aliphatic heterocycles. The van der Waals surface area contributed by atoms with Gasteiger partial charge < -0.3 is 10.2 Å². The Kier molecular flexibility index (Phi) is 5.06. The van der Waals surface area contributed by atoms with Crippen molar-refractivity contribution in [3.8, 4) is 0 Å². The van der Waals surface area contributed by atoms with Crippen molar-refractivity contribution in [3.05, 3.63) is 42.5 Å². The number of nitrogens with zero attached hydrogens (tertiary/aromatic N) is 2. The maximum absolute atomic E-state index is 12.5. The molecule has 1 heterocycles. The fourth-order valence-corrected chi connectivity index (χ4v) is 4.64. The number of benzene rings is 1. The molecule has 7 nitrogen and oxygen atoms in total. The summed E-state index contributed by atoms with van der Waals surface area (Å²) in [5.74, 6) is -0.734. The van der Waals surface area contributed by atoms with Crippen LogP contribution < -0.4 is 10.2 Å². The van der Waals surface area contributed by atoms with E-state index in [9.17, 15) is 18.0 Å². The lowest BCUT2D eigenvalue weighted by atomic mass is 9.96. The van der Waals surface area contributed by atoms with Gasteiger partial charge in [-0.1, -0.05) is 6.58 Å². The van der Waals surface area contributed by atoms with Crippen LogP contribution in [0.1, 0.15) is 24.2 Å². The third kappa shape index (κ3) is 3.59. The first-order valence-corrected chi connectivity index (χ1v) is 9.39. The number of hydrogen-bond donors (Lipinski definition) is 1. The lowest BCUT2D eigenvalue weighted by molar-refractivity contribution is -0.113. The third-order valence-electron chi connectivity index (χ3n) is 4.79. The highest BCUT2D eigenvalue weighted by Gasteiger charge is 2.49. The van der Waals surface area contributed by atoms with Crippen LogP contribution in [0.5, 0.6) is 0 Å². The van der Waals surface area contributed by atoms with Crippen LogP contribution in [0, 0.1) is 0 Å². The molecule has 0 aromatic heterocycles. The van der Waals surface area contributed by atoms with Crippen LogP contribution in [0.2, 0.25) is 0 Å². The smallest absolute Gasteiger partial charge is 0.251 e. The van der Waals surface area contributed by atoms with Crippen LogP contribution in [-0.4, -0.2) is 56.0 Å². The molecule has 8 heteroatoms. The van der Waals surface area contributed by atoms with Crippen molar-refractivity contribution < 1.29 is 18.0 Å². The van der Waals surface area contributed by atoms with Gasteiger partial charge in [0, 0.05) is 25.3 Å². The van der Waals surface area contributed by atoms with Gasteiger partial charge in [0.25, 0.3) is 5.91 Å². The first-order valence-electron chi connectivity index (χ1n) is 7.78. The monoisotopic (exact) mass is 365 g/mol. The summed E-state index contributed by atoms with van der Waals surface area (Å²) in [7, 11) is -0.246. The Morgan fingerprint density at radius 2 is 1.88 bits per heavy atom. The Morgan fingerprint density at radius 1 is 1.32 bits per heavy atom. The number of nitrogens with one attached hydrogen (secondary N) is 1. The Morgan fingerprint density at radius 3 is 2.32 bits per heavy atom. The van der Waals surface area contributed by atoms with Crippen molar-refractivity contribution >= 4 is 27.5 Å². The number of likely N-dealkylation sites (N-methyl/N-ethyl adjacent to an activating group) is 2. The second-order valence-electron chi connectivity index (χ2n) is 6.57. The summed E-state index contributed by atoms with van der Waals surface area (Å²) in [4.78, 5) is 25.5. The highest BCUT2D eigenvalue weighted by Crippen LogP contribution is 2.30. The van der Waals surface area contributed by atoms with Gasteiger partial charge in [-0.25, -0.2) is 8.42 Å². The zero-order chi connectivity index (χ0) is 19.0. The molecule has 1 aromatic rings. The van der Waals surface area contributed by atoms with Crippen LogP contribution in [0.15, 0.2) is 36.9 Å². The minimum Gasteiger partial charge on any atom is -0.346 e. The highest BCUT2D eigenvalue weighted by molar-refractivity contribution is 7.89. The fraction of sp³-hybridized carbons (Fsp3) is 0.412. The molecule has 0 spiro atoms. The molecular formula is C17H23N3O4S. The van der Waals surface area contributed by atoms with E-state index in [0.29, 0.717) is 11.3 Å². The number of carbonyl (C=O) groups is 2. The van der Waals surface area contributed by atoms with Gasteiger partial charge in [-0.05, 0) is 44.2 Å². The molecule has 0 radical (unpaired) electrons. The Labute approximate surface area is 148 Å².